The number of amides is 1. The topological polar surface area (TPSA) is 84.5 Å². The molecule has 0 spiro atoms. The van der Waals surface area contributed by atoms with Crippen LogP contribution in [0.1, 0.15) is 25.8 Å². The van der Waals surface area contributed by atoms with Crippen LogP contribution in [0, 0.1) is 5.82 Å². The zero-order valence-electron chi connectivity index (χ0n) is 17.2. The predicted molar refractivity (Wildman–Crippen MR) is 118 cm³/mol. The summed E-state index contributed by atoms with van der Waals surface area (Å²) < 4.78 is 47.3. The molecule has 0 aliphatic heterocycles. The zero-order valence-corrected chi connectivity index (χ0v) is 18.9. The summed E-state index contributed by atoms with van der Waals surface area (Å²) in [4.78, 5) is 12.3. The average molecular weight is 455 g/mol. The molecule has 0 bridgehead atoms. The number of carbonyl (C=O) groups is 1. The van der Waals surface area contributed by atoms with Crippen molar-refractivity contribution in [2.24, 2.45) is 0 Å². The molecule has 2 rings (SSSR count). The summed E-state index contributed by atoms with van der Waals surface area (Å²) >= 11 is 1.49. The Bertz CT molecular complexity index is 952. The first kappa shape index (κ1) is 24.2. The van der Waals surface area contributed by atoms with Gasteiger partial charge in [-0.1, -0.05) is 30.3 Å². The molecule has 0 aliphatic rings. The quantitative estimate of drug-likeness (QED) is 0.544. The Kier molecular flexibility index (Phi) is 9.13. The molecule has 1 amide bonds. The SMILES string of the molecule is CSCCC(NS(=O)(=O)c1ccccc1F)C(=O)NCc1ccccc1OC(C)C. The molecule has 0 radical (unpaired) electrons. The molecule has 9 heteroatoms. The molecule has 0 fully saturated rings. The molecular weight excluding hydrogens is 427 g/mol. The third kappa shape index (κ3) is 7.00. The summed E-state index contributed by atoms with van der Waals surface area (Å²) in [7, 11) is -4.19. The molecule has 0 saturated heterocycles. The first-order valence-electron chi connectivity index (χ1n) is 9.52. The van der Waals surface area contributed by atoms with Gasteiger partial charge in [-0.25, -0.2) is 12.8 Å². The van der Waals surface area contributed by atoms with Crippen molar-refractivity contribution in [2.75, 3.05) is 12.0 Å². The number of para-hydroxylation sites is 1. The molecular formula is C21H27FN2O4S2. The maximum atomic E-state index is 14.0. The average Bonchev–Trinajstić information content (AvgIpc) is 2.70. The largest absolute Gasteiger partial charge is 0.491 e. The van der Waals surface area contributed by atoms with Gasteiger partial charge >= 0.3 is 0 Å². The molecule has 2 N–H and O–H groups in total. The lowest BCUT2D eigenvalue weighted by Crippen LogP contribution is -2.47. The highest BCUT2D eigenvalue weighted by atomic mass is 32.2. The van der Waals surface area contributed by atoms with E-state index < -0.39 is 32.7 Å². The highest BCUT2D eigenvalue weighted by molar-refractivity contribution is 7.98. The van der Waals surface area contributed by atoms with Gasteiger partial charge in [-0.15, -0.1) is 0 Å². The molecule has 1 unspecified atom stereocenters. The van der Waals surface area contributed by atoms with Crippen molar-refractivity contribution in [2.45, 2.75) is 43.9 Å². The Balaban J connectivity index is 2.14. The second kappa shape index (κ2) is 11.3. The smallest absolute Gasteiger partial charge is 0.244 e. The van der Waals surface area contributed by atoms with Gasteiger partial charge in [-0.2, -0.15) is 16.5 Å². The van der Waals surface area contributed by atoms with E-state index in [0.29, 0.717) is 11.5 Å². The number of halogens is 1. The third-order valence-corrected chi connectivity index (χ3v) is 6.29. The first-order chi connectivity index (χ1) is 14.2. The lowest BCUT2D eigenvalue weighted by Gasteiger charge is -2.19. The van der Waals surface area contributed by atoms with Crippen LogP contribution in [-0.4, -0.2) is 38.5 Å². The number of nitrogens with one attached hydrogen (secondary N) is 2. The minimum Gasteiger partial charge on any atom is -0.491 e. The van der Waals surface area contributed by atoms with Crippen LogP contribution >= 0.6 is 11.8 Å². The molecule has 30 heavy (non-hydrogen) atoms. The van der Waals surface area contributed by atoms with Gasteiger partial charge in [-0.05, 0) is 50.5 Å². The van der Waals surface area contributed by atoms with Gasteiger partial charge in [0, 0.05) is 12.1 Å². The number of carbonyl (C=O) groups excluding carboxylic acids is 1. The maximum Gasteiger partial charge on any atom is 0.244 e. The van der Waals surface area contributed by atoms with Crippen LogP contribution in [0.3, 0.4) is 0 Å². The molecule has 0 heterocycles. The highest BCUT2D eigenvalue weighted by Gasteiger charge is 2.27. The summed E-state index contributed by atoms with van der Waals surface area (Å²) in [6.45, 7) is 4.00. The number of benzene rings is 2. The zero-order chi connectivity index (χ0) is 22.1. The second-order valence-electron chi connectivity index (χ2n) is 6.88. The molecule has 0 saturated carbocycles. The van der Waals surface area contributed by atoms with Crippen LogP contribution in [0.5, 0.6) is 5.75 Å². The fourth-order valence-corrected chi connectivity index (χ4v) is 4.50. The van der Waals surface area contributed by atoms with E-state index in [0.717, 1.165) is 11.6 Å². The molecule has 1 atom stereocenters. The molecule has 2 aromatic rings. The number of ether oxygens (including phenoxy) is 1. The van der Waals surface area contributed by atoms with E-state index in [1.54, 1.807) is 0 Å². The monoisotopic (exact) mass is 454 g/mol. The van der Waals surface area contributed by atoms with Crippen molar-refractivity contribution >= 4 is 27.7 Å². The van der Waals surface area contributed by atoms with Crippen molar-refractivity contribution in [1.29, 1.82) is 0 Å². The predicted octanol–water partition coefficient (Wildman–Crippen LogP) is 3.33. The maximum absolute atomic E-state index is 14.0. The van der Waals surface area contributed by atoms with E-state index in [1.165, 1.54) is 30.0 Å². The number of sulfonamides is 1. The van der Waals surface area contributed by atoms with Crippen LogP contribution in [0.15, 0.2) is 53.4 Å². The Morgan fingerprint density at radius 3 is 2.47 bits per heavy atom. The summed E-state index contributed by atoms with van der Waals surface area (Å²) in [6, 6.07) is 11.4. The number of hydrogen-bond donors (Lipinski definition) is 2. The van der Waals surface area contributed by atoms with Gasteiger partial charge in [-0.3, -0.25) is 4.79 Å². The van der Waals surface area contributed by atoms with E-state index in [9.17, 15) is 17.6 Å². The van der Waals surface area contributed by atoms with Gasteiger partial charge in [0.1, 0.15) is 22.5 Å². The van der Waals surface area contributed by atoms with E-state index >= 15 is 0 Å². The van der Waals surface area contributed by atoms with Crippen LogP contribution in [0.4, 0.5) is 4.39 Å². The standard InChI is InChI=1S/C21H27FN2O4S2/c1-15(2)28-19-10-6-4-8-16(19)14-23-21(25)18(12-13-29-3)24-30(26,27)20-11-7-5-9-17(20)22/h4-11,15,18,24H,12-14H2,1-3H3,(H,23,25). The van der Waals surface area contributed by atoms with Gasteiger partial charge in [0.25, 0.3) is 0 Å². The van der Waals surface area contributed by atoms with Crippen molar-refractivity contribution in [1.82, 2.24) is 10.0 Å². The van der Waals surface area contributed by atoms with Crippen LogP contribution in [-0.2, 0) is 21.4 Å². The van der Waals surface area contributed by atoms with Crippen molar-refractivity contribution in [3.8, 4) is 5.75 Å². The molecule has 0 aliphatic carbocycles. The Hall–Kier alpha value is -2.10. The van der Waals surface area contributed by atoms with Crippen molar-refractivity contribution in [3.63, 3.8) is 0 Å². The minimum atomic E-state index is -4.19. The van der Waals surface area contributed by atoms with Gasteiger partial charge in [0.2, 0.25) is 15.9 Å². The summed E-state index contributed by atoms with van der Waals surface area (Å²) in [6.07, 6.45) is 2.11. The fourth-order valence-electron chi connectivity index (χ4n) is 2.72. The van der Waals surface area contributed by atoms with E-state index in [1.807, 2.05) is 44.4 Å². The third-order valence-electron chi connectivity index (χ3n) is 4.14. The first-order valence-corrected chi connectivity index (χ1v) is 12.4. The Morgan fingerprint density at radius 2 is 1.80 bits per heavy atom. The fraction of sp³-hybridized carbons (Fsp3) is 0.381. The minimum absolute atomic E-state index is 0.0243. The van der Waals surface area contributed by atoms with E-state index in [2.05, 4.69) is 10.0 Å². The molecule has 0 aromatic heterocycles. The lowest BCUT2D eigenvalue weighted by molar-refractivity contribution is -0.122. The normalized spacial score (nSPS) is 12.6. The number of rotatable bonds is 11. The second-order valence-corrected chi connectivity index (χ2v) is 9.55. The Labute approximate surface area is 181 Å². The lowest BCUT2D eigenvalue weighted by atomic mass is 10.1. The van der Waals surface area contributed by atoms with Gasteiger partial charge in [0.05, 0.1) is 6.10 Å². The molecule has 164 valence electrons. The summed E-state index contributed by atoms with van der Waals surface area (Å²) in [5.41, 5.74) is 0.778. The highest BCUT2D eigenvalue weighted by Crippen LogP contribution is 2.19. The van der Waals surface area contributed by atoms with Crippen LogP contribution in [0.2, 0.25) is 0 Å². The number of thioether (sulfide) groups is 1. The Morgan fingerprint density at radius 1 is 1.13 bits per heavy atom. The summed E-state index contributed by atoms with van der Waals surface area (Å²) in [5.74, 6) is -0.136. The molecule has 2 aromatic carbocycles. The van der Waals surface area contributed by atoms with Crippen LogP contribution < -0.4 is 14.8 Å². The number of hydrogen-bond acceptors (Lipinski definition) is 5. The molecule has 6 nitrogen and oxygen atoms in total. The van der Waals surface area contributed by atoms with Crippen molar-refractivity contribution in [3.05, 3.63) is 59.9 Å². The van der Waals surface area contributed by atoms with Crippen LogP contribution in [0.25, 0.3) is 0 Å². The van der Waals surface area contributed by atoms with E-state index in [4.69, 9.17) is 4.74 Å². The van der Waals surface area contributed by atoms with Gasteiger partial charge < -0.3 is 10.1 Å². The van der Waals surface area contributed by atoms with Crippen molar-refractivity contribution < 1.29 is 22.3 Å². The summed E-state index contributed by atoms with van der Waals surface area (Å²) in [5, 5.41) is 2.76. The van der Waals surface area contributed by atoms with E-state index in [-0.39, 0.29) is 19.1 Å². The van der Waals surface area contributed by atoms with Gasteiger partial charge in [0.15, 0.2) is 0 Å².